The smallest absolute Gasteiger partial charge is 0.306 e. The van der Waals surface area contributed by atoms with Crippen molar-refractivity contribution in [2.45, 2.75) is 168 Å². The van der Waals surface area contributed by atoms with E-state index in [2.05, 4.69) is 12.2 Å². The van der Waals surface area contributed by atoms with Gasteiger partial charge in [0.05, 0.1) is 0 Å². The van der Waals surface area contributed by atoms with Crippen LogP contribution in [0.4, 0.5) is 0 Å². The second-order valence-electron chi connectivity index (χ2n) is 11.0. The summed E-state index contributed by atoms with van der Waals surface area (Å²) in [6, 6.07) is 0. The highest BCUT2D eigenvalue weighted by Gasteiger charge is 2.20. The molecule has 34 heavy (non-hydrogen) atoms. The number of hydrogen-bond acceptors (Lipinski definition) is 4. The van der Waals surface area contributed by atoms with E-state index in [1.165, 1.54) is 57.8 Å². The van der Waals surface area contributed by atoms with Crippen LogP contribution in [0.2, 0.25) is 0 Å². The topological polar surface area (TPSA) is 52.6 Å². The molecule has 0 radical (unpaired) electrons. The van der Waals surface area contributed by atoms with Gasteiger partial charge in [-0.15, -0.1) is 0 Å². The Morgan fingerprint density at radius 2 is 0.824 bits per heavy atom. The van der Waals surface area contributed by atoms with E-state index in [0.717, 1.165) is 44.9 Å². The predicted octanol–water partition coefficient (Wildman–Crippen LogP) is 9.25. The third kappa shape index (κ3) is 21.2. The van der Waals surface area contributed by atoms with E-state index < -0.39 is 0 Å². The fraction of sp³-hybridized carbons (Fsp3) is 0.867. The molecule has 0 spiro atoms. The third-order valence-corrected chi connectivity index (χ3v) is 6.65. The summed E-state index contributed by atoms with van der Waals surface area (Å²) in [5, 5.41) is 0. The SMILES string of the molecule is CCC(C)(C)OC(=O)CCCC/C=C/CCCCCCCCCCCCC(=O)OC(C)(C)CC. The lowest BCUT2D eigenvalue weighted by molar-refractivity contribution is -0.157. The molecule has 0 aromatic carbocycles. The minimum absolute atomic E-state index is 0.0460. The Hall–Kier alpha value is -1.32. The fourth-order valence-corrected chi connectivity index (χ4v) is 3.58. The summed E-state index contributed by atoms with van der Waals surface area (Å²) in [7, 11) is 0. The molecule has 0 heterocycles. The molecule has 0 aliphatic carbocycles. The van der Waals surface area contributed by atoms with Crippen molar-refractivity contribution in [3.05, 3.63) is 12.2 Å². The second kappa shape index (κ2) is 19.9. The van der Waals surface area contributed by atoms with Gasteiger partial charge in [0.15, 0.2) is 0 Å². The summed E-state index contributed by atoms with van der Waals surface area (Å²) in [5.74, 6) is -0.111. The minimum atomic E-state index is -0.332. The Morgan fingerprint density at radius 3 is 1.21 bits per heavy atom. The van der Waals surface area contributed by atoms with E-state index in [4.69, 9.17) is 9.47 Å². The summed E-state index contributed by atoms with van der Waals surface area (Å²) in [6.45, 7) is 12.0. The van der Waals surface area contributed by atoms with Crippen LogP contribution in [0.3, 0.4) is 0 Å². The molecule has 0 unspecified atom stereocenters. The largest absolute Gasteiger partial charge is 0.460 e. The molecular formula is C30H56O4. The first-order chi connectivity index (χ1) is 16.1. The van der Waals surface area contributed by atoms with Gasteiger partial charge in [0, 0.05) is 12.8 Å². The molecule has 0 aromatic heterocycles. The number of carbonyl (C=O) groups excluding carboxylic acids is 2. The Labute approximate surface area is 211 Å². The van der Waals surface area contributed by atoms with Crippen LogP contribution in [0.25, 0.3) is 0 Å². The van der Waals surface area contributed by atoms with Crippen molar-refractivity contribution in [2.24, 2.45) is 0 Å². The van der Waals surface area contributed by atoms with Gasteiger partial charge >= 0.3 is 11.9 Å². The molecular weight excluding hydrogens is 424 g/mol. The van der Waals surface area contributed by atoms with Crippen molar-refractivity contribution in [3.8, 4) is 0 Å². The summed E-state index contributed by atoms with van der Waals surface area (Å²) in [6.07, 6.45) is 24.1. The van der Waals surface area contributed by atoms with Crippen LogP contribution >= 0.6 is 0 Å². The van der Waals surface area contributed by atoms with Gasteiger partial charge in [0.1, 0.15) is 11.2 Å². The van der Waals surface area contributed by atoms with Gasteiger partial charge in [0.25, 0.3) is 0 Å². The van der Waals surface area contributed by atoms with Crippen molar-refractivity contribution in [3.63, 3.8) is 0 Å². The van der Waals surface area contributed by atoms with E-state index in [-0.39, 0.29) is 23.1 Å². The Kier molecular flexibility index (Phi) is 19.2. The van der Waals surface area contributed by atoms with Gasteiger partial charge in [-0.25, -0.2) is 0 Å². The highest BCUT2D eigenvalue weighted by molar-refractivity contribution is 5.70. The number of ether oxygens (including phenoxy) is 2. The molecule has 0 atom stereocenters. The maximum atomic E-state index is 11.8. The van der Waals surface area contributed by atoms with Crippen LogP contribution in [0.1, 0.15) is 157 Å². The lowest BCUT2D eigenvalue weighted by Gasteiger charge is -2.23. The van der Waals surface area contributed by atoms with Crippen molar-refractivity contribution in [2.75, 3.05) is 0 Å². The highest BCUT2D eigenvalue weighted by Crippen LogP contribution is 2.17. The van der Waals surface area contributed by atoms with Gasteiger partial charge in [-0.1, -0.05) is 77.4 Å². The van der Waals surface area contributed by atoms with Gasteiger partial charge in [-0.3, -0.25) is 9.59 Å². The molecule has 0 saturated heterocycles. The summed E-state index contributed by atoms with van der Waals surface area (Å²) in [4.78, 5) is 23.6. The number of hydrogen-bond donors (Lipinski definition) is 0. The normalized spacial score (nSPS) is 12.3. The number of allylic oxidation sites excluding steroid dienone is 2. The zero-order valence-electron chi connectivity index (χ0n) is 23.5. The summed E-state index contributed by atoms with van der Waals surface area (Å²) < 4.78 is 10.9. The lowest BCUT2D eigenvalue weighted by Crippen LogP contribution is -2.26. The molecule has 0 aliphatic rings. The maximum Gasteiger partial charge on any atom is 0.306 e. The molecule has 0 aromatic rings. The van der Waals surface area contributed by atoms with Crippen LogP contribution in [0, 0.1) is 0 Å². The van der Waals surface area contributed by atoms with Gasteiger partial charge in [-0.2, -0.15) is 0 Å². The lowest BCUT2D eigenvalue weighted by atomic mass is 10.0. The van der Waals surface area contributed by atoms with E-state index >= 15 is 0 Å². The first kappa shape index (κ1) is 32.7. The third-order valence-electron chi connectivity index (χ3n) is 6.65. The average Bonchev–Trinajstić information content (AvgIpc) is 2.77. The number of unbranched alkanes of at least 4 members (excludes halogenated alkanes) is 12. The molecule has 0 aliphatic heterocycles. The van der Waals surface area contributed by atoms with Crippen molar-refractivity contribution < 1.29 is 19.1 Å². The Morgan fingerprint density at radius 1 is 0.529 bits per heavy atom. The highest BCUT2D eigenvalue weighted by atomic mass is 16.6. The first-order valence-electron chi connectivity index (χ1n) is 14.2. The number of rotatable bonds is 22. The van der Waals surface area contributed by atoms with Crippen molar-refractivity contribution in [1.82, 2.24) is 0 Å². The molecule has 4 nitrogen and oxygen atoms in total. The maximum absolute atomic E-state index is 11.8. The van der Waals surface area contributed by atoms with E-state index in [1.54, 1.807) is 0 Å². The minimum Gasteiger partial charge on any atom is -0.460 e. The van der Waals surface area contributed by atoms with Crippen LogP contribution in [-0.2, 0) is 19.1 Å². The molecule has 4 heteroatoms. The molecule has 0 rings (SSSR count). The Balaban J connectivity index is 3.37. The fourth-order valence-electron chi connectivity index (χ4n) is 3.58. The quantitative estimate of drug-likeness (QED) is 0.0880. The molecule has 0 N–H and O–H groups in total. The number of esters is 2. The molecule has 0 bridgehead atoms. The van der Waals surface area contributed by atoms with Gasteiger partial charge < -0.3 is 9.47 Å². The predicted molar refractivity (Wildman–Crippen MR) is 144 cm³/mol. The van der Waals surface area contributed by atoms with Crippen LogP contribution in [0.15, 0.2) is 12.2 Å². The Bertz CT molecular complexity index is 548. The molecule has 0 fully saturated rings. The monoisotopic (exact) mass is 480 g/mol. The average molecular weight is 481 g/mol. The molecule has 0 saturated carbocycles. The van der Waals surface area contributed by atoms with Crippen LogP contribution in [-0.4, -0.2) is 23.1 Å². The molecule has 200 valence electrons. The van der Waals surface area contributed by atoms with E-state index in [9.17, 15) is 9.59 Å². The summed E-state index contributed by atoms with van der Waals surface area (Å²) >= 11 is 0. The van der Waals surface area contributed by atoms with Crippen LogP contribution in [0.5, 0.6) is 0 Å². The van der Waals surface area contributed by atoms with Crippen molar-refractivity contribution in [1.29, 1.82) is 0 Å². The van der Waals surface area contributed by atoms with Gasteiger partial charge in [0.2, 0.25) is 0 Å². The molecule has 0 amide bonds. The zero-order valence-corrected chi connectivity index (χ0v) is 23.5. The van der Waals surface area contributed by atoms with Crippen LogP contribution < -0.4 is 0 Å². The second-order valence-corrected chi connectivity index (χ2v) is 11.0. The standard InChI is InChI=1S/C30H56O4/c1-7-29(3,4)33-27(31)25-23-21-19-17-15-13-11-9-10-12-14-16-18-20-22-24-26-28(32)34-30(5,6)8-2/h15,17H,7-14,16,18-26H2,1-6H3/b17-15+. The zero-order chi connectivity index (χ0) is 25.7. The van der Waals surface area contributed by atoms with Gasteiger partial charge in [-0.05, 0) is 79.1 Å². The van der Waals surface area contributed by atoms with E-state index in [1.807, 2.05) is 41.5 Å². The first-order valence-corrected chi connectivity index (χ1v) is 14.2. The van der Waals surface area contributed by atoms with E-state index in [0.29, 0.717) is 12.8 Å². The summed E-state index contributed by atoms with van der Waals surface area (Å²) in [5.41, 5.74) is -0.654. The number of carbonyl (C=O) groups is 2. The van der Waals surface area contributed by atoms with Crippen molar-refractivity contribution >= 4 is 11.9 Å².